The van der Waals surface area contributed by atoms with Gasteiger partial charge >= 0.3 is 0 Å². The highest BCUT2D eigenvalue weighted by Crippen LogP contribution is 2.31. The molecular formula is C15H19NOS. The Morgan fingerprint density at radius 3 is 2.50 bits per heavy atom. The van der Waals surface area contributed by atoms with E-state index in [1.165, 1.54) is 21.6 Å². The Bertz CT molecular complexity index is 533. The molecule has 1 unspecified atom stereocenters. The summed E-state index contributed by atoms with van der Waals surface area (Å²) in [5, 5.41) is 5.42. The Balaban J connectivity index is 2.35. The lowest BCUT2D eigenvalue weighted by Gasteiger charge is -2.16. The van der Waals surface area contributed by atoms with Gasteiger partial charge in [0.2, 0.25) is 0 Å². The molecule has 0 saturated heterocycles. The second-order valence-electron chi connectivity index (χ2n) is 4.45. The van der Waals surface area contributed by atoms with Gasteiger partial charge in [-0.2, -0.15) is 0 Å². The van der Waals surface area contributed by atoms with Crippen LogP contribution in [0, 0.1) is 13.8 Å². The third-order valence-corrected chi connectivity index (χ3v) is 4.24. The first kappa shape index (κ1) is 13.1. The van der Waals surface area contributed by atoms with Gasteiger partial charge in [-0.25, -0.2) is 0 Å². The van der Waals surface area contributed by atoms with E-state index in [0.717, 1.165) is 5.75 Å². The number of aryl methyl sites for hydroxylation is 2. The lowest BCUT2D eigenvalue weighted by atomic mass is 10.00. The first-order valence-corrected chi connectivity index (χ1v) is 6.90. The highest BCUT2D eigenvalue weighted by molar-refractivity contribution is 7.10. The highest BCUT2D eigenvalue weighted by Gasteiger charge is 2.15. The van der Waals surface area contributed by atoms with Gasteiger partial charge in [0, 0.05) is 10.3 Å². The molecule has 0 fully saturated rings. The van der Waals surface area contributed by atoms with Crippen LogP contribution in [0.2, 0.25) is 0 Å². The van der Waals surface area contributed by atoms with Crippen molar-refractivity contribution >= 4 is 11.3 Å². The van der Waals surface area contributed by atoms with Crippen LogP contribution < -0.4 is 10.1 Å². The van der Waals surface area contributed by atoms with Crippen molar-refractivity contribution in [2.45, 2.75) is 19.9 Å². The fourth-order valence-corrected chi connectivity index (χ4v) is 3.00. The average molecular weight is 261 g/mol. The molecule has 0 spiro atoms. The fourth-order valence-electron chi connectivity index (χ4n) is 2.01. The summed E-state index contributed by atoms with van der Waals surface area (Å²) in [5.41, 5.74) is 3.96. The van der Waals surface area contributed by atoms with Gasteiger partial charge in [-0.1, -0.05) is 18.2 Å². The molecule has 2 nitrogen and oxygen atoms in total. The molecule has 1 aromatic heterocycles. The van der Waals surface area contributed by atoms with Crippen molar-refractivity contribution < 1.29 is 4.74 Å². The van der Waals surface area contributed by atoms with Crippen molar-refractivity contribution in [2.75, 3.05) is 14.2 Å². The zero-order valence-corrected chi connectivity index (χ0v) is 12.1. The van der Waals surface area contributed by atoms with Crippen LogP contribution in [0.5, 0.6) is 5.75 Å². The average Bonchev–Trinajstić information content (AvgIpc) is 2.83. The van der Waals surface area contributed by atoms with E-state index in [2.05, 4.69) is 43.4 Å². The lowest BCUT2D eigenvalue weighted by Crippen LogP contribution is -2.16. The quantitative estimate of drug-likeness (QED) is 0.906. The monoisotopic (exact) mass is 261 g/mol. The van der Waals surface area contributed by atoms with Gasteiger partial charge in [0.1, 0.15) is 5.75 Å². The summed E-state index contributed by atoms with van der Waals surface area (Å²) >= 11 is 1.72. The molecule has 1 atom stereocenters. The highest BCUT2D eigenvalue weighted by atomic mass is 32.1. The Morgan fingerprint density at radius 1 is 1.17 bits per heavy atom. The summed E-state index contributed by atoms with van der Waals surface area (Å²) in [6, 6.07) is 8.96. The summed E-state index contributed by atoms with van der Waals surface area (Å²) in [5.74, 6) is 0.930. The van der Waals surface area contributed by atoms with Crippen LogP contribution in [-0.2, 0) is 0 Å². The molecule has 1 aromatic carbocycles. The maximum absolute atomic E-state index is 5.25. The SMILES string of the molecule is CNC(c1ccc(C)c(C)c1)c1cc(OC)cs1. The summed E-state index contributed by atoms with van der Waals surface area (Å²) in [7, 11) is 3.70. The zero-order chi connectivity index (χ0) is 13.1. The van der Waals surface area contributed by atoms with Gasteiger partial charge in [0.05, 0.1) is 13.2 Å². The van der Waals surface area contributed by atoms with Crippen LogP contribution >= 0.6 is 11.3 Å². The molecule has 0 aliphatic rings. The number of hydrogen-bond acceptors (Lipinski definition) is 3. The molecule has 0 bridgehead atoms. The predicted octanol–water partition coefficient (Wildman–Crippen LogP) is 3.68. The second kappa shape index (κ2) is 5.55. The maximum Gasteiger partial charge on any atom is 0.129 e. The van der Waals surface area contributed by atoms with Crippen molar-refractivity contribution in [2.24, 2.45) is 0 Å². The predicted molar refractivity (Wildman–Crippen MR) is 77.7 cm³/mol. The largest absolute Gasteiger partial charge is 0.496 e. The molecule has 2 rings (SSSR count). The number of ether oxygens (including phenoxy) is 1. The molecule has 3 heteroatoms. The van der Waals surface area contributed by atoms with E-state index in [9.17, 15) is 0 Å². The van der Waals surface area contributed by atoms with E-state index in [1.54, 1.807) is 18.4 Å². The van der Waals surface area contributed by atoms with Crippen LogP contribution in [0.15, 0.2) is 29.6 Å². The third kappa shape index (κ3) is 2.57. The molecule has 18 heavy (non-hydrogen) atoms. The van der Waals surface area contributed by atoms with E-state index in [0.29, 0.717) is 0 Å². The van der Waals surface area contributed by atoms with Gasteiger partial charge in [0.25, 0.3) is 0 Å². The van der Waals surface area contributed by atoms with Crippen LogP contribution in [0.4, 0.5) is 0 Å². The van der Waals surface area contributed by atoms with Crippen molar-refractivity contribution in [3.05, 3.63) is 51.2 Å². The minimum absolute atomic E-state index is 0.234. The molecule has 96 valence electrons. The third-order valence-electron chi connectivity index (χ3n) is 3.27. The molecule has 2 aromatic rings. The fraction of sp³-hybridized carbons (Fsp3) is 0.333. The van der Waals surface area contributed by atoms with Gasteiger partial charge in [-0.05, 0) is 43.7 Å². The number of methoxy groups -OCH3 is 1. The van der Waals surface area contributed by atoms with Crippen molar-refractivity contribution in [1.82, 2.24) is 5.32 Å². The summed E-state index contributed by atoms with van der Waals surface area (Å²) < 4.78 is 5.25. The zero-order valence-electron chi connectivity index (χ0n) is 11.3. The van der Waals surface area contributed by atoms with Gasteiger partial charge in [-0.15, -0.1) is 11.3 Å². The van der Waals surface area contributed by atoms with Crippen LogP contribution in [0.25, 0.3) is 0 Å². The minimum atomic E-state index is 0.234. The molecular weight excluding hydrogens is 242 g/mol. The van der Waals surface area contributed by atoms with Crippen molar-refractivity contribution in [3.8, 4) is 5.75 Å². The van der Waals surface area contributed by atoms with E-state index in [-0.39, 0.29) is 6.04 Å². The van der Waals surface area contributed by atoms with E-state index >= 15 is 0 Å². The standard InChI is InChI=1S/C15H19NOS/c1-10-5-6-12(7-11(10)2)15(16-3)14-8-13(17-4)9-18-14/h5-9,15-16H,1-4H3. The minimum Gasteiger partial charge on any atom is -0.496 e. The number of benzene rings is 1. The van der Waals surface area contributed by atoms with Gasteiger partial charge < -0.3 is 10.1 Å². The van der Waals surface area contributed by atoms with Gasteiger partial charge in [-0.3, -0.25) is 0 Å². The smallest absolute Gasteiger partial charge is 0.129 e. The van der Waals surface area contributed by atoms with E-state index in [1.807, 2.05) is 12.4 Å². The first-order chi connectivity index (χ1) is 8.65. The summed E-state index contributed by atoms with van der Waals surface area (Å²) in [6.45, 7) is 4.29. The van der Waals surface area contributed by atoms with Crippen molar-refractivity contribution in [3.63, 3.8) is 0 Å². The topological polar surface area (TPSA) is 21.3 Å². The number of hydrogen-bond donors (Lipinski definition) is 1. The van der Waals surface area contributed by atoms with E-state index in [4.69, 9.17) is 4.74 Å². The summed E-state index contributed by atoms with van der Waals surface area (Å²) in [4.78, 5) is 1.28. The summed E-state index contributed by atoms with van der Waals surface area (Å²) in [6.07, 6.45) is 0. The van der Waals surface area contributed by atoms with Crippen LogP contribution in [-0.4, -0.2) is 14.2 Å². The lowest BCUT2D eigenvalue weighted by molar-refractivity contribution is 0.416. The van der Waals surface area contributed by atoms with Gasteiger partial charge in [0.15, 0.2) is 0 Å². The Labute approximate surface area is 113 Å². The maximum atomic E-state index is 5.25. The number of nitrogens with one attached hydrogen (secondary N) is 1. The molecule has 0 aliphatic carbocycles. The molecule has 1 heterocycles. The van der Waals surface area contributed by atoms with Crippen LogP contribution in [0.1, 0.15) is 27.6 Å². The first-order valence-electron chi connectivity index (χ1n) is 6.02. The van der Waals surface area contributed by atoms with Crippen molar-refractivity contribution in [1.29, 1.82) is 0 Å². The number of thiophene rings is 1. The van der Waals surface area contributed by atoms with E-state index < -0.39 is 0 Å². The normalized spacial score (nSPS) is 12.4. The number of rotatable bonds is 4. The second-order valence-corrected chi connectivity index (χ2v) is 5.40. The molecule has 0 radical (unpaired) electrons. The molecule has 0 amide bonds. The molecule has 0 aliphatic heterocycles. The van der Waals surface area contributed by atoms with Crippen LogP contribution in [0.3, 0.4) is 0 Å². The molecule has 1 N–H and O–H groups in total. The molecule has 0 saturated carbocycles. The Hall–Kier alpha value is -1.32. The Morgan fingerprint density at radius 2 is 1.94 bits per heavy atom. The Kier molecular flexibility index (Phi) is 4.04.